The first-order chi connectivity index (χ1) is 13.1. The van der Waals surface area contributed by atoms with Crippen molar-refractivity contribution in [3.05, 3.63) is 64.7 Å². The summed E-state index contributed by atoms with van der Waals surface area (Å²) in [7, 11) is 2.02. The highest BCUT2D eigenvalue weighted by Crippen LogP contribution is 2.34. The Labute approximate surface area is 160 Å². The summed E-state index contributed by atoms with van der Waals surface area (Å²) < 4.78 is 0. The molecule has 2 aliphatic heterocycles. The van der Waals surface area contributed by atoms with Gasteiger partial charge in [0.15, 0.2) is 0 Å². The van der Waals surface area contributed by atoms with Crippen molar-refractivity contribution < 1.29 is 9.59 Å². The summed E-state index contributed by atoms with van der Waals surface area (Å²) in [6.07, 6.45) is 3.27. The van der Waals surface area contributed by atoms with Crippen molar-refractivity contribution in [3.8, 4) is 0 Å². The Bertz CT molecular complexity index is 893. The van der Waals surface area contributed by atoms with Gasteiger partial charge in [0, 0.05) is 25.7 Å². The van der Waals surface area contributed by atoms with Gasteiger partial charge in [-0.1, -0.05) is 24.3 Å². The molecule has 1 atom stereocenters. The quantitative estimate of drug-likeness (QED) is 0.910. The number of hydrogen-bond donors (Lipinski definition) is 1. The smallest absolute Gasteiger partial charge is 0.257 e. The van der Waals surface area contributed by atoms with Crippen LogP contribution in [0.15, 0.2) is 42.5 Å². The first-order valence-electron chi connectivity index (χ1n) is 9.57. The number of nitrogens with one attached hydrogen (secondary N) is 1. The molecule has 5 nitrogen and oxygen atoms in total. The molecule has 2 aromatic rings. The van der Waals surface area contributed by atoms with Crippen LogP contribution in [0.4, 0.5) is 5.69 Å². The minimum atomic E-state index is -0.118. The zero-order chi connectivity index (χ0) is 19.0. The van der Waals surface area contributed by atoms with E-state index in [4.69, 9.17) is 0 Å². The molecule has 4 rings (SSSR count). The number of nitrogens with zero attached hydrogens (tertiary/aromatic N) is 2. The van der Waals surface area contributed by atoms with E-state index in [1.807, 2.05) is 49.2 Å². The Balaban J connectivity index is 1.55. The van der Waals surface area contributed by atoms with Crippen LogP contribution in [-0.2, 0) is 6.54 Å². The molecule has 0 aromatic heterocycles. The van der Waals surface area contributed by atoms with Gasteiger partial charge in [0.1, 0.15) is 6.17 Å². The lowest BCUT2D eigenvalue weighted by Crippen LogP contribution is -2.55. The molecule has 5 heteroatoms. The molecular weight excluding hydrogens is 338 g/mol. The third-order valence-electron chi connectivity index (χ3n) is 5.75. The molecule has 2 amide bonds. The number of piperidine rings is 1. The fraction of sp³-hybridized carbons (Fsp3) is 0.364. The van der Waals surface area contributed by atoms with Crippen LogP contribution < -0.4 is 10.2 Å². The second kappa shape index (κ2) is 7.06. The van der Waals surface area contributed by atoms with E-state index in [0.29, 0.717) is 17.7 Å². The maximum Gasteiger partial charge on any atom is 0.257 e. The summed E-state index contributed by atoms with van der Waals surface area (Å²) in [6.45, 7) is 3.34. The van der Waals surface area contributed by atoms with Gasteiger partial charge < -0.3 is 15.1 Å². The molecule has 2 heterocycles. The molecule has 2 aromatic carbocycles. The fourth-order valence-electron chi connectivity index (χ4n) is 4.10. The lowest BCUT2D eigenvalue weighted by atomic mass is 9.97. The molecule has 1 saturated heterocycles. The van der Waals surface area contributed by atoms with Gasteiger partial charge >= 0.3 is 0 Å². The second-order valence-electron chi connectivity index (χ2n) is 7.43. The topological polar surface area (TPSA) is 52.7 Å². The van der Waals surface area contributed by atoms with Crippen molar-refractivity contribution in [1.82, 2.24) is 10.2 Å². The minimum Gasteiger partial charge on any atom is -0.354 e. The van der Waals surface area contributed by atoms with E-state index in [1.54, 1.807) is 12.1 Å². The SMILES string of the molecule is Cc1ccccc1CNC(=O)c1ccc2c(c1)N(C)[C@@H]1CCCCN1C2=O. The van der Waals surface area contributed by atoms with E-state index < -0.39 is 0 Å². The standard InChI is InChI=1S/C22H25N3O2/c1-15-7-3-4-8-17(15)14-23-21(26)16-10-11-18-19(13-16)24(2)20-9-5-6-12-25(20)22(18)27/h3-4,7-8,10-11,13,20H,5-6,9,12,14H2,1-2H3,(H,23,26)/t20-/m0/s1. The van der Waals surface area contributed by atoms with Gasteiger partial charge in [-0.15, -0.1) is 0 Å². The maximum absolute atomic E-state index is 12.8. The Morgan fingerprint density at radius 1 is 1.19 bits per heavy atom. The van der Waals surface area contributed by atoms with Gasteiger partial charge in [-0.3, -0.25) is 9.59 Å². The molecule has 0 bridgehead atoms. The predicted molar refractivity (Wildman–Crippen MR) is 106 cm³/mol. The molecule has 0 unspecified atom stereocenters. The summed E-state index contributed by atoms with van der Waals surface area (Å²) in [6, 6.07) is 13.4. The number of fused-ring (bicyclic) bond motifs is 2. The first kappa shape index (κ1) is 17.6. The second-order valence-corrected chi connectivity index (χ2v) is 7.43. The van der Waals surface area contributed by atoms with Gasteiger partial charge in [0.2, 0.25) is 0 Å². The third kappa shape index (κ3) is 3.18. The summed E-state index contributed by atoms with van der Waals surface area (Å²) >= 11 is 0. The molecule has 0 aliphatic carbocycles. The Hall–Kier alpha value is -2.82. The minimum absolute atomic E-state index is 0.0830. The summed E-state index contributed by atoms with van der Waals surface area (Å²) in [4.78, 5) is 29.6. The molecule has 1 fully saturated rings. The Kier molecular flexibility index (Phi) is 4.60. The van der Waals surface area contributed by atoms with Crippen LogP contribution in [-0.4, -0.2) is 36.5 Å². The van der Waals surface area contributed by atoms with Crippen molar-refractivity contribution in [1.29, 1.82) is 0 Å². The number of aryl methyl sites for hydroxylation is 1. The third-order valence-corrected chi connectivity index (χ3v) is 5.75. The van der Waals surface area contributed by atoms with Crippen LogP contribution in [0, 0.1) is 6.92 Å². The largest absolute Gasteiger partial charge is 0.354 e. The molecule has 27 heavy (non-hydrogen) atoms. The van der Waals surface area contributed by atoms with Gasteiger partial charge in [0.25, 0.3) is 11.8 Å². The zero-order valence-corrected chi connectivity index (χ0v) is 15.9. The van der Waals surface area contributed by atoms with E-state index in [9.17, 15) is 9.59 Å². The average Bonchev–Trinajstić information content (AvgIpc) is 2.71. The lowest BCUT2D eigenvalue weighted by Gasteiger charge is -2.46. The monoisotopic (exact) mass is 363 g/mol. The zero-order valence-electron chi connectivity index (χ0n) is 15.9. The number of hydrogen-bond acceptors (Lipinski definition) is 3. The number of benzene rings is 2. The van der Waals surface area contributed by atoms with Gasteiger partial charge in [-0.05, 0) is 55.5 Å². The van der Waals surface area contributed by atoms with Gasteiger partial charge in [-0.25, -0.2) is 0 Å². The molecule has 0 radical (unpaired) electrons. The van der Waals surface area contributed by atoms with E-state index in [-0.39, 0.29) is 18.0 Å². The van der Waals surface area contributed by atoms with Crippen LogP contribution in [0.25, 0.3) is 0 Å². The van der Waals surface area contributed by atoms with Crippen molar-refractivity contribution in [2.75, 3.05) is 18.5 Å². The van der Waals surface area contributed by atoms with Crippen LogP contribution in [0.1, 0.15) is 51.1 Å². The van der Waals surface area contributed by atoms with Crippen molar-refractivity contribution >= 4 is 17.5 Å². The predicted octanol–water partition coefficient (Wildman–Crippen LogP) is 3.33. The molecule has 0 spiro atoms. The molecular formula is C22H25N3O2. The highest BCUT2D eigenvalue weighted by Gasteiger charge is 2.37. The number of carbonyl (C=O) groups excluding carboxylic acids is 2. The van der Waals surface area contributed by atoms with E-state index in [1.165, 1.54) is 0 Å². The molecule has 140 valence electrons. The average molecular weight is 363 g/mol. The van der Waals surface area contributed by atoms with Crippen LogP contribution in [0.5, 0.6) is 0 Å². The summed E-state index contributed by atoms with van der Waals surface area (Å²) in [5, 5.41) is 2.99. The van der Waals surface area contributed by atoms with Gasteiger partial charge in [0.05, 0.1) is 11.3 Å². The van der Waals surface area contributed by atoms with E-state index in [2.05, 4.69) is 10.2 Å². The molecule has 2 aliphatic rings. The highest BCUT2D eigenvalue weighted by atomic mass is 16.2. The number of anilines is 1. The number of rotatable bonds is 3. The lowest BCUT2D eigenvalue weighted by molar-refractivity contribution is 0.0589. The van der Waals surface area contributed by atoms with E-state index in [0.717, 1.165) is 42.6 Å². The Morgan fingerprint density at radius 2 is 2.00 bits per heavy atom. The number of amides is 2. The van der Waals surface area contributed by atoms with Crippen LogP contribution in [0.2, 0.25) is 0 Å². The van der Waals surface area contributed by atoms with E-state index >= 15 is 0 Å². The van der Waals surface area contributed by atoms with Crippen LogP contribution in [0.3, 0.4) is 0 Å². The number of carbonyl (C=O) groups is 2. The van der Waals surface area contributed by atoms with Crippen LogP contribution >= 0.6 is 0 Å². The fourth-order valence-corrected chi connectivity index (χ4v) is 4.10. The summed E-state index contributed by atoms with van der Waals surface area (Å²) in [5.41, 5.74) is 4.39. The first-order valence-corrected chi connectivity index (χ1v) is 9.57. The molecule has 1 N–H and O–H groups in total. The van der Waals surface area contributed by atoms with Crippen molar-refractivity contribution in [3.63, 3.8) is 0 Å². The van der Waals surface area contributed by atoms with Crippen molar-refractivity contribution in [2.45, 2.75) is 38.9 Å². The van der Waals surface area contributed by atoms with Crippen molar-refractivity contribution in [2.24, 2.45) is 0 Å². The van der Waals surface area contributed by atoms with Gasteiger partial charge in [-0.2, -0.15) is 0 Å². The maximum atomic E-state index is 12.8. The normalized spacial score (nSPS) is 18.7. The highest BCUT2D eigenvalue weighted by molar-refractivity contribution is 6.04. The molecule has 0 saturated carbocycles. The summed E-state index contributed by atoms with van der Waals surface area (Å²) in [5.74, 6) is -0.0346. The Morgan fingerprint density at radius 3 is 2.81 bits per heavy atom.